The molecule has 0 radical (unpaired) electrons. The summed E-state index contributed by atoms with van der Waals surface area (Å²) in [6.45, 7) is 2.09. The van der Waals surface area contributed by atoms with Crippen LogP contribution in [-0.4, -0.2) is 29.9 Å². The van der Waals surface area contributed by atoms with E-state index in [0.717, 1.165) is 0 Å². The van der Waals surface area contributed by atoms with Gasteiger partial charge in [-0.25, -0.2) is 9.37 Å². The smallest absolute Gasteiger partial charge is 0.358 e. The Hall–Kier alpha value is -3.56. The van der Waals surface area contributed by atoms with E-state index >= 15 is 0 Å². The summed E-state index contributed by atoms with van der Waals surface area (Å²) in [5.74, 6) is -0.445. The monoisotopic (exact) mass is 372 g/mol. The zero-order valence-electron chi connectivity index (χ0n) is 14.5. The van der Waals surface area contributed by atoms with Crippen LogP contribution < -0.4 is 5.32 Å². The van der Waals surface area contributed by atoms with Crippen molar-refractivity contribution in [3.05, 3.63) is 70.4 Å². The highest BCUT2D eigenvalue weighted by molar-refractivity contribution is 5.75. The first-order valence-electron chi connectivity index (χ1n) is 8.15. The van der Waals surface area contributed by atoms with Gasteiger partial charge >= 0.3 is 5.82 Å². The van der Waals surface area contributed by atoms with E-state index in [-0.39, 0.29) is 31.2 Å². The van der Waals surface area contributed by atoms with Crippen molar-refractivity contribution in [1.29, 1.82) is 0 Å². The highest BCUT2D eigenvalue weighted by atomic mass is 19.1. The lowest BCUT2D eigenvalue weighted by Gasteiger charge is -2.09. The topological polar surface area (TPSA) is 108 Å². The molecule has 140 valence electrons. The molecule has 0 aliphatic heterocycles. The van der Waals surface area contributed by atoms with E-state index < -0.39 is 10.7 Å². The predicted octanol–water partition coefficient (Wildman–Crippen LogP) is 2.13. The Bertz CT molecular complexity index is 967. The molecule has 0 atom stereocenters. The Balaban J connectivity index is 1.53. The molecule has 1 N–H and O–H groups in total. The maximum absolute atomic E-state index is 14.2. The van der Waals surface area contributed by atoms with Crippen LogP contribution in [0.15, 0.2) is 43.1 Å². The standard InChI is InChI=1S/C17H17FN6O3/c1-12-21-16(24(26)27)10-22(12)6-4-17(25)20-9-13-2-3-15(14(18)8-13)23-7-5-19-11-23/h2-3,5,7-8,10-11H,4,6,9H2,1H3,(H,20,25). The molecule has 10 heteroatoms. The minimum Gasteiger partial charge on any atom is -0.358 e. The third-order valence-corrected chi connectivity index (χ3v) is 4.01. The van der Waals surface area contributed by atoms with Gasteiger partial charge in [0.2, 0.25) is 11.7 Å². The van der Waals surface area contributed by atoms with Crippen molar-refractivity contribution < 1.29 is 14.1 Å². The second-order valence-electron chi connectivity index (χ2n) is 5.88. The van der Waals surface area contributed by atoms with E-state index in [1.165, 1.54) is 18.6 Å². The quantitative estimate of drug-likeness (QED) is 0.505. The minimum atomic E-state index is -0.578. The van der Waals surface area contributed by atoms with Gasteiger partial charge in [0.1, 0.15) is 12.0 Å². The Morgan fingerprint density at radius 2 is 2.22 bits per heavy atom. The summed E-state index contributed by atoms with van der Waals surface area (Å²) in [5.41, 5.74) is 0.999. The molecule has 1 amide bonds. The fourth-order valence-electron chi connectivity index (χ4n) is 2.59. The summed E-state index contributed by atoms with van der Waals surface area (Å²) in [4.78, 5) is 29.8. The highest BCUT2D eigenvalue weighted by Gasteiger charge is 2.15. The number of hydrogen-bond donors (Lipinski definition) is 1. The molecule has 0 bridgehead atoms. The van der Waals surface area contributed by atoms with E-state index in [1.807, 2.05) is 0 Å². The molecule has 2 aromatic heterocycles. The Kier molecular flexibility index (Phi) is 5.25. The van der Waals surface area contributed by atoms with Gasteiger partial charge < -0.3 is 24.6 Å². The molecule has 9 nitrogen and oxygen atoms in total. The van der Waals surface area contributed by atoms with Crippen molar-refractivity contribution in [2.24, 2.45) is 0 Å². The predicted molar refractivity (Wildman–Crippen MR) is 93.6 cm³/mol. The van der Waals surface area contributed by atoms with Gasteiger partial charge in [0.25, 0.3) is 0 Å². The summed E-state index contributed by atoms with van der Waals surface area (Å²) >= 11 is 0. The van der Waals surface area contributed by atoms with Gasteiger partial charge in [0.15, 0.2) is 0 Å². The van der Waals surface area contributed by atoms with E-state index in [2.05, 4.69) is 15.3 Å². The van der Waals surface area contributed by atoms with Crippen LogP contribution >= 0.6 is 0 Å². The number of nitrogens with zero attached hydrogens (tertiary/aromatic N) is 5. The number of amides is 1. The Labute approximate surface area is 153 Å². The first-order valence-corrected chi connectivity index (χ1v) is 8.15. The van der Waals surface area contributed by atoms with Gasteiger partial charge in [-0.2, -0.15) is 0 Å². The number of aryl methyl sites for hydroxylation is 2. The van der Waals surface area contributed by atoms with Crippen molar-refractivity contribution in [2.45, 2.75) is 26.4 Å². The first kappa shape index (κ1) is 18.2. The van der Waals surface area contributed by atoms with Crippen LogP contribution in [-0.2, 0) is 17.9 Å². The number of carbonyl (C=O) groups is 1. The van der Waals surface area contributed by atoms with Gasteiger partial charge in [-0.3, -0.25) is 4.79 Å². The molecule has 27 heavy (non-hydrogen) atoms. The Morgan fingerprint density at radius 3 is 2.85 bits per heavy atom. The van der Waals surface area contributed by atoms with E-state index in [0.29, 0.717) is 17.1 Å². The molecule has 0 aliphatic carbocycles. The van der Waals surface area contributed by atoms with Crippen LogP contribution in [0.3, 0.4) is 0 Å². The number of imidazole rings is 2. The van der Waals surface area contributed by atoms with Gasteiger partial charge in [-0.15, -0.1) is 0 Å². The molecule has 3 aromatic rings. The molecular weight excluding hydrogens is 355 g/mol. The molecule has 1 aromatic carbocycles. The number of halogens is 1. The van der Waals surface area contributed by atoms with Crippen LogP contribution in [0.5, 0.6) is 0 Å². The van der Waals surface area contributed by atoms with E-state index in [1.54, 1.807) is 40.6 Å². The third-order valence-electron chi connectivity index (χ3n) is 4.01. The van der Waals surface area contributed by atoms with Gasteiger partial charge in [-0.1, -0.05) is 6.07 Å². The maximum atomic E-state index is 14.2. The zero-order chi connectivity index (χ0) is 19.4. The summed E-state index contributed by atoms with van der Waals surface area (Å²) in [6.07, 6.45) is 6.13. The summed E-state index contributed by atoms with van der Waals surface area (Å²) < 4.78 is 17.3. The molecule has 0 saturated carbocycles. The lowest BCUT2D eigenvalue weighted by molar-refractivity contribution is -0.389. The third kappa shape index (κ3) is 4.35. The number of benzene rings is 1. The molecule has 0 saturated heterocycles. The minimum absolute atomic E-state index is 0.129. The normalized spacial score (nSPS) is 10.7. The molecule has 0 unspecified atom stereocenters. The zero-order valence-corrected chi connectivity index (χ0v) is 14.5. The SMILES string of the molecule is Cc1nc([N+](=O)[O-])cn1CCC(=O)NCc1ccc(-n2ccnc2)c(F)c1. The van der Waals surface area contributed by atoms with Crippen molar-refractivity contribution in [2.75, 3.05) is 0 Å². The average Bonchev–Trinajstić information content (AvgIpc) is 3.28. The van der Waals surface area contributed by atoms with E-state index in [9.17, 15) is 19.3 Å². The second-order valence-corrected chi connectivity index (χ2v) is 5.88. The maximum Gasteiger partial charge on any atom is 0.381 e. The first-order chi connectivity index (χ1) is 12.9. The Morgan fingerprint density at radius 1 is 1.41 bits per heavy atom. The fraction of sp³-hybridized carbons (Fsp3) is 0.235. The van der Waals surface area contributed by atoms with Crippen molar-refractivity contribution in [3.63, 3.8) is 0 Å². The molecule has 0 fully saturated rings. The average molecular weight is 372 g/mol. The van der Waals surface area contributed by atoms with Crippen LogP contribution in [0.4, 0.5) is 10.2 Å². The molecular formula is C17H17FN6O3. The summed E-state index contributed by atoms with van der Waals surface area (Å²) in [7, 11) is 0. The van der Waals surface area contributed by atoms with Crippen LogP contribution in [0.25, 0.3) is 5.69 Å². The number of hydrogen-bond acceptors (Lipinski definition) is 5. The summed E-state index contributed by atoms with van der Waals surface area (Å²) in [5, 5.41) is 13.4. The van der Waals surface area contributed by atoms with E-state index in [4.69, 9.17) is 0 Å². The second kappa shape index (κ2) is 7.77. The number of aromatic nitrogens is 4. The molecule has 2 heterocycles. The van der Waals surface area contributed by atoms with Gasteiger partial charge in [0.05, 0.1) is 12.0 Å². The lowest BCUT2D eigenvalue weighted by Crippen LogP contribution is -2.24. The molecule has 0 aliphatic rings. The van der Waals surface area contributed by atoms with Crippen LogP contribution in [0, 0.1) is 22.9 Å². The number of carbonyl (C=O) groups excluding carboxylic acids is 1. The fourth-order valence-corrected chi connectivity index (χ4v) is 2.59. The lowest BCUT2D eigenvalue weighted by atomic mass is 10.2. The molecule has 3 rings (SSSR count). The van der Waals surface area contributed by atoms with Gasteiger partial charge in [-0.05, 0) is 27.6 Å². The number of nitro groups is 1. The van der Waals surface area contributed by atoms with Crippen molar-refractivity contribution in [3.8, 4) is 5.69 Å². The van der Waals surface area contributed by atoms with Crippen molar-refractivity contribution in [1.82, 2.24) is 24.4 Å². The van der Waals surface area contributed by atoms with Crippen LogP contribution in [0.1, 0.15) is 17.8 Å². The largest absolute Gasteiger partial charge is 0.381 e. The van der Waals surface area contributed by atoms with Crippen molar-refractivity contribution >= 4 is 11.7 Å². The van der Waals surface area contributed by atoms with Crippen LogP contribution in [0.2, 0.25) is 0 Å². The summed E-state index contributed by atoms with van der Waals surface area (Å²) in [6, 6.07) is 4.70. The number of rotatable bonds is 7. The molecule has 0 spiro atoms. The van der Waals surface area contributed by atoms with Gasteiger partial charge in [0, 0.05) is 38.8 Å². The highest BCUT2D eigenvalue weighted by Crippen LogP contribution is 2.15. The number of nitrogens with one attached hydrogen (secondary N) is 1.